The van der Waals surface area contributed by atoms with E-state index in [-0.39, 0.29) is 12.5 Å². The lowest BCUT2D eigenvalue weighted by molar-refractivity contribution is 0.0916. The Hall–Kier alpha value is -1.65. The van der Waals surface area contributed by atoms with Gasteiger partial charge in [-0.1, -0.05) is 30.3 Å². The first kappa shape index (κ1) is 12.8. The van der Waals surface area contributed by atoms with Crippen LogP contribution in [0, 0.1) is 0 Å². The predicted molar refractivity (Wildman–Crippen MR) is 72.8 cm³/mol. The van der Waals surface area contributed by atoms with E-state index in [4.69, 9.17) is 0 Å². The van der Waals surface area contributed by atoms with Gasteiger partial charge in [0.2, 0.25) is 0 Å². The third kappa shape index (κ3) is 3.68. The molecule has 0 saturated heterocycles. The summed E-state index contributed by atoms with van der Waals surface area (Å²) in [6.45, 7) is 0.267. The minimum Gasteiger partial charge on any atom is -0.391 e. The quantitative estimate of drug-likeness (QED) is 0.865. The number of hydrogen-bond donors (Lipinski definition) is 2. The van der Waals surface area contributed by atoms with Crippen LogP contribution in [-0.4, -0.2) is 23.7 Å². The molecule has 0 aliphatic heterocycles. The van der Waals surface area contributed by atoms with Gasteiger partial charge >= 0.3 is 0 Å². The average Bonchev–Trinajstić information content (AvgIpc) is 2.91. The fourth-order valence-electron chi connectivity index (χ4n) is 1.66. The fourth-order valence-corrected chi connectivity index (χ4v) is 2.30. The summed E-state index contributed by atoms with van der Waals surface area (Å²) in [5.74, 6) is -0.136. The molecule has 1 atom stereocenters. The zero-order chi connectivity index (χ0) is 12.8. The van der Waals surface area contributed by atoms with E-state index < -0.39 is 6.10 Å². The van der Waals surface area contributed by atoms with Crippen LogP contribution in [0.25, 0.3) is 0 Å². The number of nitrogens with one attached hydrogen (secondary N) is 1. The van der Waals surface area contributed by atoms with Crippen molar-refractivity contribution in [3.8, 4) is 0 Å². The lowest BCUT2D eigenvalue weighted by atomic mass is 10.1. The highest BCUT2D eigenvalue weighted by Crippen LogP contribution is 2.06. The molecule has 4 heteroatoms. The maximum absolute atomic E-state index is 11.6. The lowest BCUT2D eigenvalue weighted by Gasteiger charge is -2.11. The molecule has 1 heterocycles. The second-order valence-electron chi connectivity index (χ2n) is 4.07. The first-order valence-corrected chi connectivity index (χ1v) is 6.72. The van der Waals surface area contributed by atoms with E-state index in [2.05, 4.69) is 5.32 Å². The van der Waals surface area contributed by atoms with Crippen molar-refractivity contribution in [2.45, 2.75) is 12.5 Å². The zero-order valence-electron chi connectivity index (χ0n) is 9.87. The molecular weight excluding hydrogens is 246 g/mol. The van der Waals surface area contributed by atoms with Crippen LogP contribution in [-0.2, 0) is 6.42 Å². The predicted octanol–water partition coefficient (Wildman–Crippen LogP) is 2.08. The summed E-state index contributed by atoms with van der Waals surface area (Å²) in [4.78, 5) is 11.6. The monoisotopic (exact) mass is 261 g/mol. The largest absolute Gasteiger partial charge is 0.391 e. The second kappa shape index (κ2) is 6.33. The van der Waals surface area contributed by atoms with Crippen LogP contribution in [0.4, 0.5) is 0 Å². The molecule has 0 aliphatic rings. The molecule has 3 nitrogen and oxygen atoms in total. The molecule has 0 fully saturated rings. The highest BCUT2D eigenvalue weighted by molar-refractivity contribution is 7.08. The molecule has 0 aliphatic carbocycles. The van der Waals surface area contributed by atoms with Crippen LogP contribution in [0.2, 0.25) is 0 Å². The molecule has 1 aromatic heterocycles. The molecular formula is C14H15NO2S. The van der Waals surface area contributed by atoms with Crippen LogP contribution in [0.3, 0.4) is 0 Å². The van der Waals surface area contributed by atoms with Crippen LogP contribution in [0.15, 0.2) is 47.2 Å². The first-order valence-electron chi connectivity index (χ1n) is 5.78. The van der Waals surface area contributed by atoms with Gasteiger partial charge in [0.05, 0.1) is 6.10 Å². The maximum Gasteiger partial charge on any atom is 0.252 e. The van der Waals surface area contributed by atoms with Crippen LogP contribution >= 0.6 is 11.3 Å². The van der Waals surface area contributed by atoms with Crippen LogP contribution < -0.4 is 5.32 Å². The summed E-state index contributed by atoms with van der Waals surface area (Å²) < 4.78 is 0. The topological polar surface area (TPSA) is 49.3 Å². The van der Waals surface area contributed by atoms with E-state index in [0.717, 1.165) is 5.56 Å². The van der Waals surface area contributed by atoms with E-state index >= 15 is 0 Å². The van der Waals surface area contributed by atoms with Gasteiger partial charge in [0.15, 0.2) is 0 Å². The molecule has 1 aromatic carbocycles. The van der Waals surface area contributed by atoms with Crippen molar-refractivity contribution < 1.29 is 9.90 Å². The van der Waals surface area contributed by atoms with Gasteiger partial charge in [-0.3, -0.25) is 4.79 Å². The summed E-state index contributed by atoms with van der Waals surface area (Å²) in [7, 11) is 0. The van der Waals surface area contributed by atoms with Gasteiger partial charge in [-0.05, 0) is 17.0 Å². The number of amides is 1. The third-order valence-electron chi connectivity index (χ3n) is 2.60. The Bertz CT molecular complexity index is 482. The fraction of sp³-hybridized carbons (Fsp3) is 0.214. The molecule has 0 spiro atoms. The number of hydrogen-bond acceptors (Lipinski definition) is 3. The molecule has 1 amide bonds. The number of rotatable bonds is 5. The molecule has 94 valence electrons. The third-order valence-corrected chi connectivity index (χ3v) is 3.28. The molecule has 0 bridgehead atoms. The van der Waals surface area contributed by atoms with Gasteiger partial charge in [-0.2, -0.15) is 11.3 Å². The van der Waals surface area contributed by atoms with Crippen molar-refractivity contribution >= 4 is 17.2 Å². The average molecular weight is 261 g/mol. The molecule has 2 rings (SSSR count). The van der Waals surface area contributed by atoms with Gasteiger partial charge < -0.3 is 10.4 Å². The van der Waals surface area contributed by atoms with Crippen molar-refractivity contribution in [3.63, 3.8) is 0 Å². The van der Waals surface area contributed by atoms with E-state index in [0.29, 0.717) is 12.0 Å². The van der Waals surface area contributed by atoms with Crippen molar-refractivity contribution in [1.29, 1.82) is 0 Å². The van der Waals surface area contributed by atoms with Crippen molar-refractivity contribution in [1.82, 2.24) is 5.32 Å². The highest BCUT2D eigenvalue weighted by Gasteiger charge is 2.09. The van der Waals surface area contributed by atoms with Gasteiger partial charge in [-0.15, -0.1) is 0 Å². The minimum atomic E-state index is -0.560. The Morgan fingerprint density at radius 3 is 2.72 bits per heavy atom. The van der Waals surface area contributed by atoms with E-state index in [9.17, 15) is 9.90 Å². The number of carbonyl (C=O) groups is 1. The van der Waals surface area contributed by atoms with Gasteiger partial charge in [0, 0.05) is 23.9 Å². The van der Waals surface area contributed by atoms with Crippen LogP contribution in [0.1, 0.15) is 15.9 Å². The van der Waals surface area contributed by atoms with Gasteiger partial charge in [0.25, 0.3) is 5.91 Å². The summed E-state index contributed by atoms with van der Waals surface area (Å²) >= 11 is 1.48. The Morgan fingerprint density at radius 2 is 2.06 bits per heavy atom. The molecule has 2 N–H and O–H groups in total. The van der Waals surface area contributed by atoms with E-state index in [1.807, 2.05) is 35.7 Å². The number of aliphatic hydroxyl groups is 1. The molecule has 0 saturated carbocycles. The number of thiophene rings is 1. The summed E-state index contributed by atoms with van der Waals surface area (Å²) in [5.41, 5.74) is 1.71. The molecule has 1 unspecified atom stereocenters. The van der Waals surface area contributed by atoms with Crippen molar-refractivity contribution in [2.75, 3.05) is 6.54 Å². The lowest BCUT2D eigenvalue weighted by Crippen LogP contribution is -2.32. The number of aliphatic hydroxyl groups excluding tert-OH is 1. The molecule has 18 heavy (non-hydrogen) atoms. The summed E-state index contributed by atoms with van der Waals surface area (Å²) in [6.07, 6.45) is -0.0138. The Kier molecular flexibility index (Phi) is 4.50. The SMILES string of the molecule is O=C(NCC(O)Cc1ccccc1)c1ccsc1. The van der Waals surface area contributed by atoms with Crippen LogP contribution in [0.5, 0.6) is 0 Å². The normalized spacial score (nSPS) is 12.1. The highest BCUT2D eigenvalue weighted by atomic mass is 32.1. The van der Waals surface area contributed by atoms with Gasteiger partial charge in [-0.25, -0.2) is 0 Å². The van der Waals surface area contributed by atoms with E-state index in [1.165, 1.54) is 11.3 Å². The zero-order valence-corrected chi connectivity index (χ0v) is 10.7. The van der Waals surface area contributed by atoms with Crippen molar-refractivity contribution in [3.05, 3.63) is 58.3 Å². The standard InChI is InChI=1S/C14H15NO2S/c16-13(8-11-4-2-1-3-5-11)9-15-14(17)12-6-7-18-10-12/h1-7,10,13,16H,8-9H2,(H,15,17). The molecule has 2 aromatic rings. The summed E-state index contributed by atoms with van der Waals surface area (Å²) in [5, 5.41) is 16.2. The second-order valence-corrected chi connectivity index (χ2v) is 4.85. The minimum absolute atomic E-state index is 0.136. The Labute approximate surface area is 110 Å². The first-order chi connectivity index (χ1) is 8.75. The Balaban J connectivity index is 1.78. The summed E-state index contributed by atoms with van der Waals surface area (Å²) in [6, 6.07) is 11.5. The smallest absolute Gasteiger partial charge is 0.252 e. The maximum atomic E-state index is 11.6. The Morgan fingerprint density at radius 1 is 1.28 bits per heavy atom. The number of carbonyl (C=O) groups excluding carboxylic acids is 1. The van der Waals surface area contributed by atoms with E-state index in [1.54, 1.807) is 11.4 Å². The number of benzene rings is 1. The van der Waals surface area contributed by atoms with Gasteiger partial charge in [0.1, 0.15) is 0 Å². The molecule has 0 radical (unpaired) electrons. The van der Waals surface area contributed by atoms with Crippen molar-refractivity contribution in [2.24, 2.45) is 0 Å².